The number of allylic oxidation sites excluding steroid dienone is 1. The van der Waals surface area contributed by atoms with E-state index in [4.69, 9.17) is 0 Å². The summed E-state index contributed by atoms with van der Waals surface area (Å²) in [5.41, 5.74) is 2.23. The standard InChI is InChI=1S/C18H17FO2S/c1-11(2)16(12-5-9-15(22)10-6-12)17(18(20)21)13-3-7-14(19)8-4-13/h3-11,22H,1-2H3,(H,20,21)/b17-16+. The molecular weight excluding hydrogens is 299 g/mol. The minimum atomic E-state index is -1.02. The zero-order valence-electron chi connectivity index (χ0n) is 12.4. The van der Waals surface area contributed by atoms with Crippen LogP contribution in [-0.2, 0) is 4.79 Å². The van der Waals surface area contributed by atoms with Crippen molar-refractivity contribution in [2.75, 3.05) is 0 Å². The molecule has 0 amide bonds. The molecule has 0 radical (unpaired) electrons. The van der Waals surface area contributed by atoms with Crippen LogP contribution in [0, 0.1) is 11.7 Å². The molecule has 2 nitrogen and oxygen atoms in total. The highest BCUT2D eigenvalue weighted by atomic mass is 32.1. The van der Waals surface area contributed by atoms with E-state index >= 15 is 0 Å². The second-order valence-corrected chi connectivity index (χ2v) is 5.82. The average molecular weight is 316 g/mol. The molecule has 0 bridgehead atoms. The molecule has 0 aliphatic carbocycles. The minimum Gasteiger partial charge on any atom is -0.478 e. The van der Waals surface area contributed by atoms with E-state index in [0.29, 0.717) is 11.1 Å². The molecule has 2 rings (SSSR count). The van der Waals surface area contributed by atoms with E-state index in [9.17, 15) is 14.3 Å². The van der Waals surface area contributed by atoms with Crippen molar-refractivity contribution < 1.29 is 14.3 Å². The van der Waals surface area contributed by atoms with Gasteiger partial charge in [-0.25, -0.2) is 9.18 Å². The fourth-order valence-electron chi connectivity index (χ4n) is 2.42. The fourth-order valence-corrected chi connectivity index (χ4v) is 2.57. The van der Waals surface area contributed by atoms with Crippen molar-refractivity contribution in [2.24, 2.45) is 5.92 Å². The lowest BCUT2D eigenvalue weighted by atomic mass is 9.87. The molecule has 0 fully saturated rings. The number of rotatable bonds is 4. The quantitative estimate of drug-likeness (QED) is 0.484. The zero-order valence-corrected chi connectivity index (χ0v) is 13.3. The maximum Gasteiger partial charge on any atom is 0.336 e. The van der Waals surface area contributed by atoms with Gasteiger partial charge in [0.2, 0.25) is 0 Å². The van der Waals surface area contributed by atoms with Crippen LogP contribution in [0.2, 0.25) is 0 Å². The van der Waals surface area contributed by atoms with E-state index < -0.39 is 5.97 Å². The summed E-state index contributed by atoms with van der Waals surface area (Å²) in [5.74, 6) is -1.41. The molecule has 4 heteroatoms. The Bertz CT molecular complexity index is 701. The number of carboxylic acids is 1. The van der Waals surface area contributed by atoms with Gasteiger partial charge in [0.15, 0.2) is 0 Å². The van der Waals surface area contributed by atoms with Gasteiger partial charge < -0.3 is 5.11 Å². The van der Waals surface area contributed by atoms with Gasteiger partial charge in [-0.05, 0) is 46.9 Å². The molecule has 0 saturated heterocycles. The molecule has 114 valence electrons. The highest BCUT2D eigenvalue weighted by Crippen LogP contribution is 2.33. The Balaban J connectivity index is 2.70. The summed E-state index contributed by atoms with van der Waals surface area (Å²) in [7, 11) is 0. The van der Waals surface area contributed by atoms with Gasteiger partial charge in [0.25, 0.3) is 0 Å². The number of hydrogen-bond donors (Lipinski definition) is 2. The van der Waals surface area contributed by atoms with Crippen LogP contribution >= 0.6 is 12.6 Å². The Morgan fingerprint density at radius 1 is 1.00 bits per heavy atom. The molecule has 0 atom stereocenters. The van der Waals surface area contributed by atoms with E-state index in [1.807, 2.05) is 38.1 Å². The molecule has 2 aromatic rings. The monoisotopic (exact) mass is 316 g/mol. The van der Waals surface area contributed by atoms with Gasteiger partial charge in [0.1, 0.15) is 5.82 Å². The van der Waals surface area contributed by atoms with E-state index in [0.717, 1.165) is 10.5 Å². The predicted molar refractivity (Wildman–Crippen MR) is 89.4 cm³/mol. The van der Waals surface area contributed by atoms with Crippen LogP contribution in [0.15, 0.2) is 53.4 Å². The Morgan fingerprint density at radius 2 is 1.50 bits per heavy atom. The third-order valence-electron chi connectivity index (χ3n) is 3.37. The Kier molecular flexibility index (Phi) is 5.03. The first-order valence-corrected chi connectivity index (χ1v) is 7.37. The third-order valence-corrected chi connectivity index (χ3v) is 3.67. The molecule has 0 unspecified atom stereocenters. The van der Waals surface area contributed by atoms with Crippen LogP contribution in [0.5, 0.6) is 0 Å². The first-order valence-electron chi connectivity index (χ1n) is 6.93. The number of benzene rings is 2. The van der Waals surface area contributed by atoms with Crippen LogP contribution in [0.4, 0.5) is 4.39 Å². The second kappa shape index (κ2) is 6.79. The first kappa shape index (κ1) is 16.3. The maximum atomic E-state index is 13.1. The van der Waals surface area contributed by atoms with Crippen molar-refractivity contribution in [1.29, 1.82) is 0 Å². The summed E-state index contributed by atoms with van der Waals surface area (Å²) in [6, 6.07) is 12.9. The summed E-state index contributed by atoms with van der Waals surface area (Å²) in [5, 5.41) is 9.66. The molecule has 0 aliphatic heterocycles. The zero-order chi connectivity index (χ0) is 16.3. The number of carbonyl (C=O) groups is 1. The number of carboxylic acid groups (broad SMARTS) is 1. The maximum absolute atomic E-state index is 13.1. The van der Waals surface area contributed by atoms with E-state index in [-0.39, 0.29) is 17.3 Å². The van der Waals surface area contributed by atoms with E-state index in [1.54, 1.807) is 0 Å². The molecule has 0 heterocycles. The van der Waals surface area contributed by atoms with Crippen molar-refractivity contribution in [3.05, 3.63) is 65.5 Å². The smallest absolute Gasteiger partial charge is 0.336 e. The van der Waals surface area contributed by atoms with Gasteiger partial charge in [0.05, 0.1) is 5.57 Å². The van der Waals surface area contributed by atoms with Gasteiger partial charge in [-0.2, -0.15) is 0 Å². The van der Waals surface area contributed by atoms with Gasteiger partial charge in [-0.1, -0.05) is 38.1 Å². The van der Waals surface area contributed by atoms with Gasteiger partial charge in [-0.15, -0.1) is 12.6 Å². The first-order chi connectivity index (χ1) is 10.4. The van der Waals surface area contributed by atoms with Crippen molar-refractivity contribution in [3.8, 4) is 0 Å². The summed E-state index contributed by atoms with van der Waals surface area (Å²) < 4.78 is 13.1. The lowest BCUT2D eigenvalue weighted by Crippen LogP contribution is -2.07. The van der Waals surface area contributed by atoms with Crippen molar-refractivity contribution in [3.63, 3.8) is 0 Å². The highest BCUT2D eigenvalue weighted by molar-refractivity contribution is 7.80. The van der Waals surface area contributed by atoms with Gasteiger partial charge >= 0.3 is 5.97 Å². The molecule has 0 saturated carbocycles. The largest absolute Gasteiger partial charge is 0.478 e. The highest BCUT2D eigenvalue weighted by Gasteiger charge is 2.20. The van der Waals surface area contributed by atoms with Gasteiger partial charge in [-0.3, -0.25) is 0 Å². The number of halogens is 1. The van der Waals surface area contributed by atoms with Crippen LogP contribution in [0.3, 0.4) is 0 Å². The Hall–Kier alpha value is -2.07. The topological polar surface area (TPSA) is 37.3 Å². The summed E-state index contributed by atoms with van der Waals surface area (Å²) in [4.78, 5) is 12.6. The third kappa shape index (κ3) is 3.57. The van der Waals surface area contributed by atoms with Crippen LogP contribution in [-0.4, -0.2) is 11.1 Å². The molecule has 0 spiro atoms. The minimum absolute atomic E-state index is 0.00178. The van der Waals surface area contributed by atoms with Crippen molar-refractivity contribution in [2.45, 2.75) is 18.7 Å². The number of aliphatic carboxylic acids is 1. The van der Waals surface area contributed by atoms with Crippen LogP contribution in [0.25, 0.3) is 11.1 Å². The normalized spacial score (nSPS) is 12.2. The molecule has 2 aromatic carbocycles. The predicted octanol–water partition coefficient (Wildman–Crippen LogP) is 4.77. The van der Waals surface area contributed by atoms with E-state index in [2.05, 4.69) is 12.6 Å². The van der Waals surface area contributed by atoms with E-state index in [1.165, 1.54) is 24.3 Å². The van der Waals surface area contributed by atoms with Gasteiger partial charge in [0, 0.05) is 4.90 Å². The average Bonchev–Trinajstić information content (AvgIpc) is 2.46. The van der Waals surface area contributed by atoms with Crippen LogP contribution in [0.1, 0.15) is 25.0 Å². The number of thiol groups is 1. The van der Waals surface area contributed by atoms with Crippen molar-refractivity contribution >= 4 is 29.7 Å². The molecule has 0 aliphatic rings. The summed E-state index contributed by atoms with van der Waals surface area (Å²) in [6.45, 7) is 3.88. The molecular formula is C18H17FO2S. The van der Waals surface area contributed by atoms with Crippen LogP contribution < -0.4 is 0 Å². The molecule has 0 aromatic heterocycles. The number of hydrogen-bond acceptors (Lipinski definition) is 2. The SMILES string of the molecule is CC(C)/C(=C(\C(=O)O)c1ccc(F)cc1)c1ccc(S)cc1. The lowest BCUT2D eigenvalue weighted by Gasteiger charge is -2.17. The fraction of sp³-hybridized carbons (Fsp3) is 0.167. The molecule has 22 heavy (non-hydrogen) atoms. The Morgan fingerprint density at radius 3 is 1.95 bits per heavy atom. The second-order valence-electron chi connectivity index (χ2n) is 5.30. The Labute approximate surface area is 134 Å². The lowest BCUT2D eigenvalue weighted by molar-refractivity contribution is -0.130. The summed E-state index contributed by atoms with van der Waals surface area (Å²) in [6.07, 6.45) is 0. The summed E-state index contributed by atoms with van der Waals surface area (Å²) >= 11 is 4.25. The molecule has 1 N–H and O–H groups in total. The van der Waals surface area contributed by atoms with Crippen molar-refractivity contribution in [1.82, 2.24) is 0 Å².